The summed E-state index contributed by atoms with van der Waals surface area (Å²) in [6.45, 7) is 1.32. The summed E-state index contributed by atoms with van der Waals surface area (Å²) in [7, 11) is 0. The van der Waals surface area contributed by atoms with Crippen molar-refractivity contribution in [1.29, 1.82) is 0 Å². The number of unbranched alkanes of at least 4 members (excludes halogenated alkanes) is 1. The van der Waals surface area contributed by atoms with Gasteiger partial charge in [-0.05, 0) is 68.8 Å². The maximum atomic E-state index is 13.8. The lowest BCUT2D eigenvalue weighted by molar-refractivity contribution is -0.142. The van der Waals surface area contributed by atoms with E-state index < -0.39 is 78.4 Å². The largest absolute Gasteiger partial charge is 0.508 e. The maximum absolute atomic E-state index is 13.8. The smallest absolute Gasteiger partial charge is 0.326 e. The quantitative estimate of drug-likeness (QED) is 0.0770. The van der Waals surface area contributed by atoms with Crippen molar-refractivity contribution in [3.8, 4) is 5.75 Å². The van der Waals surface area contributed by atoms with Crippen LogP contribution in [-0.4, -0.2) is 112 Å². The second kappa shape index (κ2) is 20.0. The Hall–Kier alpha value is -5.06. The molecule has 1 saturated heterocycles. The van der Waals surface area contributed by atoms with E-state index in [0.717, 1.165) is 0 Å². The molecule has 6 atom stereocenters. The van der Waals surface area contributed by atoms with E-state index in [1.54, 1.807) is 42.5 Å². The number of carboxylic acid groups (broad SMARTS) is 1. The lowest BCUT2D eigenvalue weighted by atomic mass is 10.0. The number of aliphatic hydroxyl groups excluding tert-OH is 1. The summed E-state index contributed by atoms with van der Waals surface area (Å²) in [6.07, 6.45) is 1.99. The molecule has 0 saturated carbocycles. The second-order valence-corrected chi connectivity index (χ2v) is 12.6. The number of nitrogens with two attached hydrogens (primary N) is 2. The van der Waals surface area contributed by atoms with E-state index in [1.807, 2.05) is 0 Å². The maximum Gasteiger partial charge on any atom is 0.326 e. The molecular weight excluding hydrogens is 662 g/mol. The molecule has 51 heavy (non-hydrogen) atoms. The molecule has 0 radical (unpaired) electrons. The predicted octanol–water partition coefficient (Wildman–Crippen LogP) is -1.34. The highest BCUT2D eigenvalue weighted by Crippen LogP contribution is 2.21. The van der Waals surface area contributed by atoms with Crippen LogP contribution in [0.3, 0.4) is 0 Å². The number of aliphatic hydroxyl groups is 1. The number of likely N-dealkylation sites (tertiary alicyclic amines) is 1. The Labute approximate surface area is 296 Å². The number of hydrogen-bond donors (Lipinski definition) is 9. The van der Waals surface area contributed by atoms with E-state index in [4.69, 9.17) is 11.5 Å². The van der Waals surface area contributed by atoms with Gasteiger partial charge in [-0.1, -0.05) is 42.5 Å². The normalized spacial score (nSPS) is 16.9. The number of aromatic hydroxyl groups is 1. The molecule has 16 nitrogen and oxygen atoms in total. The van der Waals surface area contributed by atoms with Crippen molar-refractivity contribution in [2.45, 2.75) is 88.1 Å². The zero-order valence-electron chi connectivity index (χ0n) is 28.6. The van der Waals surface area contributed by atoms with E-state index in [1.165, 1.54) is 24.0 Å². The van der Waals surface area contributed by atoms with Crippen LogP contribution in [0.1, 0.15) is 50.2 Å². The van der Waals surface area contributed by atoms with Crippen LogP contribution in [0.4, 0.5) is 0 Å². The molecule has 2 aromatic carbocycles. The first-order valence-corrected chi connectivity index (χ1v) is 17.0. The number of benzene rings is 2. The minimum Gasteiger partial charge on any atom is -0.508 e. The van der Waals surface area contributed by atoms with E-state index in [2.05, 4.69) is 21.3 Å². The Morgan fingerprint density at radius 1 is 0.824 bits per heavy atom. The number of nitrogens with zero attached hydrogens (tertiary/aromatic N) is 1. The fourth-order valence-corrected chi connectivity index (χ4v) is 5.69. The van der Waals surface area contributed by atoms with Crippen LogP contribution in [0.15, 0.2) is 54.6 Å². The molecule has 1 aliphatic rings. The first-order chi connectivity index (χ1) is 24.3. The minimum atomic E-state index is -1.28. The van der Waals surface area contributed by atoms with Crippen molar-refractivity contribution in [1.82, 2.24) is 26.2 Å². The SMILES string of the molecule is C[C@H](NC(=O)[C@@H]1CCCN1C(=O)[C@H](Cc1ccc(O)cc1)NC(=O)[C@@H](N)CO)C(=O)N[C@@H](CCCCN)C(=O)N[C@@H](Cc1ccccc1)C(=O)O. The Bertz CT molecular complexity index is 1490. The van der Waals surface area contributed by atoms with Gasteiger partial charge in [0.1, 0.15) is 42.0 Å². The minimum absolute atomic E-state index is 0.00828. The molecule has 0 bridgehead atoms. The van der Waals surface area contributed by atoms with Crippen LogP contribution in [0.2, 0.25) is 0 Å². The van der Waals surface area contributed by atoms with Gasteiger partial charge in [0.15, 0.2) is 0 Å². The molecule has 2 aromatic rings. The number of carbonyl (C=O) groups is 6. The lowest BCUT2D eigenvalue weighted by Gasteiger charge is -2.30. The highest BCUT2D eigenvalue weighted by Gasteiger charge is 2.39. The van der Waals surface area contributed by atoms with Crippen molar-refractivity contribution in [2.75, 3.05) is 19.7 Å². The molecule has 1 heterocycles. The Morgan fingerprint density at radius 2 is 1.43 bits per heavy atom. The molecule has 0 aromatic heterocycles. The van der Waals surface area contributed by atoms with Crippen molar-refractivity contribution in [2.24, 2.45) is 11.5 Å². The number of phenolic OH excluding ortho intramolecular Hbond substituents is 1. The fraction of sp³-hybridized carbons (Fsp3) is 0.486. The molecule has 1 fully saturated rings. The van der Waals surface area contributed by atoms with Crippen LogP contribution < -0.4 is 32.7 Å². The molecule has 278 valence electrons. The number of carboxylic acids is 1. The summed E-state index contributed by atoms with van der Waals surface area (Å²) in [5.41, 5.74) is 12.6. The van der Waals surface area contributed by atoms with Crippen molar-refractivity contribution in [3.63, 3.8) is 0 Å². The van der Waals surface area contributed by atoms with Gasteiger partial charge in [-0.25, -0.2) is 4.79 Å². The second-order valence-electron chi connectivity index (χ2n) is 12.6. The molecule has 5 amide bonds. The van der Waals surface area contributed by atoms with E-state index in [9.17, 15) is 44.1 Å². The Morgan fingerprint density at radius 3 is 2.06 bits per heavy atom. The first-order valence-electron chi connectivity index (χ1n) is 17.0. The summed E-state index contributed by atoms with van der Waals surface area (Å²) in [6, 6.07) is 7.88. The molecule has 0 unspecified atom stereocenters. The summed E-state index contributed by atoms with van der Waals surface area (Å²) in [5.74, 6) is -4.58. The van der Waals surface area contributed by atoms with E-state index >= 15 is 0 Å². The van der Waals surface area contributed by atoms with Crippen LogP contribution in [0, 0.1) is 0 Å². The first kappa shape index (κ1) is 40.4. The Balaban J connectivity index is 1.69. The van der Waals surface area contributed by atoms with Crippen molar-refractivity contribution >= 4 is 35.5 Å². The molecular formula is C35H49N7O9. The molecule has 3 rings (SSSR count). The van der Waals surface area contributed by atoms with Crippen molar-refractivity contribution < 1.29 is 44.1 Å². The van der Waals surface area contributed by atoms with Gasteiger partial charge in [0.25, 0.3) is 0 Å². The van der Waals surface area contributed by atoms with Crippen molar-refractivity contribution in [3.05, 3.63) is 65.7 Å². The summed E-state index contributed by atoms with van der Waals surface area (Å²) < 4.78 is 0. The van der Waals surface area contributed by atoms with Crippen LogP contribution in [-0.2, 0) is 41.6 Å². The fourth-order valence-electron chi connectivity index (χ4n) is 5.69. The third-order valence-electron chi connectivity index (χ3n) is 8.59. The third kappa shape index (κ3) is 12.3. The zero-order chi connectivity index (χ0) is 37.5. The molecule has 11 N–H and O–H groups in total. The topological polar surface area (TPSA) is 267 Å². The summed E-state index contributed by atoms with van der Waals surface area (Å²) in [5, 5.41) is 39.1. The number of phenols is 1. The standard InChI is InChI=1S/C35H49N7O9/c1-21(30(45)39-26(10-5-6-16-36)32(47)41-28(35(50)51)19-22-8-3-2-4-9-22)38-33(48)29-11-7-17-42(29)34(49)27(40-31(46)25(37)20-43)18-23-12-14-24(44)15-13-23/h2-4,8-9,12-15,21,25-29,43-44H,5-7,10-11,16-20,36-37H2,1H3,(H,38,48)(H,39,45)(H,40,46)(H,41,47)(H,50,51)/t21-,25-,26-,27-,28-,29-/m0/s1. The summed E-state index contributed by atoms with van der Waals surface area (Å²) >= 11 is 0. The summed E-state index contributed by atoms with van der Waals surface area (Å²) in [4.78, 5) is 79.7. The number of amides is 5. The van der Waals surface area contributed by atoms with Gasteiger partial charge in [0.2, 0.25) is 29.5 Å². The number of hydrogen-bond acceptors (Lipinski definition) is 10. The van der Waals surface area contributed by atoms with Gasteiger partial charge in [-0.2, -0.15) is 0 Å². The predicted molar refractivity (Wildman–Crippen MR) is 186 cm³/mol. The number of carbonyl (C=O) groups excluding carboxylic acids is 5. The monoisotopic (exact) mass is 711 g/mol. The number of rotatable bonds is 19. The highest BCUT2D eigenvalue weighted by molar-refractivity contribution is 5.96. The van der Waals surface area contributed by atoms with E-state index in [0.29, 0.717) is 36.9 Å². The van der Waals surface area contributed by atoms with Gasteiger partial charge < -0.3 is 53.0 Å². The number of nitrogens with one attached hydrogen (secondary N) is 4. The van der Waals surface area contributed by atoms with Gasteiger partial charge in [0.05, 0.1) is 6.61 Å². The Kier molecular flexibility index (Phi) is 15.8. The average molecular weight is 712 g/mol. The van der Waals surface area contributed by atoms with Crippen LogP contribution in [0.25, 0.3) is 0 Å². The molecule has 1 aliphatic heterocycles. The average Bonchev–Trinajstić information content (AvgIpc) is 3.61. The number of aliphatic carboxylic acids is 1. The van der Waals surface area contributed by atoms with Gasteiger partial charge >= 0.3 is 5.97 Å². The lowest BCUT2D eigenvalue weighted by Crippen LogP contribution is -2.59. The van der Waals surface area contributed by atoms with Crippen LogP contribution in [0.5, 0.6) is 5.75 Å². The molecule has 0 spiro atoms. The highest BCUT2D eigenvalue weighted by atomic mass is 16.4. The molecule has 16 heteroatoms. The van der Waals surface area contributed by atoms with Gasteiger partial charge in [-0.3, -0.25) is 24.0 Å². The zero-order valence-corrected chi connectivity index (χ0v) is 28.6. The molecule has 0 aliphatic carbocycles. The third-order valence-corrected chi connectivity index (χ3v) is 8.59. The van der Waals surface area contributed by atoms with Gasteiger partial charge in [0, 0.05) is 19.4 Å². The van der Waals surface area contributed by atoms with E-state index in [-0.39, 0.29) is 38.0 Å². The van der Waals surface area contributed by atoms with Gasteiger partial charge in [-0.15, -0.1) is 0 Å². The van der Waals surface area contributed by atoms with Crippen LogP contribution >= 0.6 is 0 Å².